The van der Waals surface area contributed by atoms with Crippen molar-refractivity contribution < 1.29 is 32.0 Å². The number of ketones is 1. The molecule has 1 aromatic carbocycles. The Morgan fingerprint density at radius 3 is 2.53 bits per heavy atom. The summed E-state index contributed by atoms with van der Waals surface area (Å²) in [5, 5.41) is -1.28. The van der Waals surface area contributed by atoms with E-state index in [4.69, 9.17) is 5.73 Å². The summed E-state index contributed by atoms with van der Waals surface area (Å²) in [6, 6.07) is 6.76. The van der Waals surface area contributed by atoms with Crippen molar-refractivity contribution in [3.63, 3.8) is 0 Å². The van der Waals surface area contributed by atoms with Crippen LogP contribution in [-0.4, -0.2) is 70.0 Å². The van der Waals surface area contributed by atoms with Crippen LogP contribution in [0.15, 0.2) is 48.8 Å². The lowest BCUT2D eigenvalue weighted by atomic mass is 9.89. The van der Waals surface area contributed by atoms with Crippen LogP contribution < -0.4 is 5.73 Å². The van der Waals surface area contributed by atoms with E-state index < -0.39 is 56.7 Å². The smallest absolute Gasteiger partial charge is 0.293 e. The molecule has 4 rings (SSSR count). The average molecular weight is 487 g/mol. The Morgan fingerprint density at radius 1 is 1.21 bits per heavy atom. The van der Waals surface area contributed by atoms with Gasteiger partial charge in [0.1, 0.15) is 5.82 Å². The number of halogens is 1. The van der Waals surface area contributed by atoms with Crippen LogP contribution in [0.5, 0.6) is 0 Å². The summed E-state index contributed by atoms with van der Waals surface area (Å²) >= 11 is 0. The molecule has 2 aliphatic rings. The van der Waals surface area contributed by atoms with E-state index in [-0.39, 0.29) is 24.9 Å². The lowest BCUT2D eigenvalue weighted by Crippen LogP contribution is -2.64. The number of hydrogen-bond donors (Lipinski definition) is 1. The molecule has 1 aromatic heterocycles. The molecule has 0 saturated carbocycles. The first-order valence-corrected chi connectivity index (χ1v) is 11.7. The number of pyridine rings is 1. The summed E-state index contributed by atoms with van der Waals surface area (Å²) in [7, 11) is -4.72. The first kappa shape index (κ1) is 23.6. The van der Waals surface area contributed by atoms with Crippen molar-refractivity contribution in [3.8, 4) is 0 Å². The standard InChI is InChI=1S/C22H20FN4O6S/c23-16-6-3-14(4-7-16)5-8-19(29)26-11-9-17-22(26,21(24)31)18(28)13-27(17)34(32,33)20(30)15-2-1-10-25-12-15/h1-4,6-8,10,12,17H,5,9,11,13H2,(H2,24,31). The Bertz CT molecular complexity index is 1270. The van der Waals surface area contributed by atoms with Gasteiger partial charge in [0.25, 0.3) is 21.0 Å². The van der Waals surface area contributed by atoms with E-state index in [1.54, 1.807) is 0 Å². The predicted molar refractivity (Wildman–Crippen MR) is 116 cm³/mol. The minimum Gasteiger partial charge on any atom is -0.367 e. The normalized spacial score (nSPS) is 22.6. The lowest BCUT2D eigenvalue weighted by Gasteiger charge is -2.34. The van der Waals surface area contributed by atoms with Crippen LogP contribution in [0, 0.1) is 12.2 Å². The topological polar surface area (TPSA) is 148 Å². The molecule has 2 unspecified atom stereocenters. The number of likely N-dealkylation sites (tertiary alicyclic amines) is 1. The SMILES string of the molecule is NC(=O)C12C(=O)CN(S(=O)(=O)C(=O)c3cccnc3)C1CCN2C(=O)[CH]Cc1ccc(F)cc1. The molecule has 2 aromatic rings. The van der Waals surface area contributed by atoms with Gasteiger partial charge in [0.15, 0.2) is 11.3 Å². The maximum absolute atomic E-state index is 13.1. The van der Waals surface area contributed by atoms with Crippen LogP contribution in [0.4, 0.5) is 4.39 Å². The van der Waals surface area contributed by atoms with Gasteiger partial charge in [0.2, 0.25) is 5.91 Å². The second-order valence-corrected chi connectivity index (χ2v) is 9.75. The fraction of sp³-hybridized carbons (Fsp3) is 0.273. The minimum absolute atomic E-state index is 0.0651. The quantitative estimate of drug-likeness (QED) is 0.557. The number of nitrogens with zero attached hydrogens (tertiary/aromatic N) is 3. The van der Waals surface area contributed by atoms with Gasteiger partial charge < -0.3 is 10.6 Å². The zero-order valence-electron chi connectivity index (χ0n) is 17.8. The molecule has 2 amide bonds. The van der Waals surface area contributed by atoms with Gasteiger partial charge in [-0.25, -0.2) is 12.8 Å². The molecular weight excluding hydrogens is 467 g/mol. The Kier molecular flexibility index (Phi) is 6.04. The first-order chi connectivity index (χ1) is 16.1. The largest absolute Gasteiger partial charge is 0.367 e. The van der Waals surface area contributed by atoms with E-state index in [9.17, 15) is 32.0 Å². The van der Waals surface area contributed by atoms with Gasteiger partial charge in [0.05, 0.1) is 24.6 Å². The maximum atomic E-state index is 13.1. The summed E-state index contributed by atoms with van der Waals surface area (Å²) in [5.74, 6) is -3.19. The number of carbonyl (C=O) groups is 4. The molecule has 0 spiro atoms. The molecule has 1 radical (unpaired) electrons. The average Bonchev–Trinajstić information content (AvgIpc) is 3.36. The highest BCUT2D eigenvalue weighted by atomic mass is 32.2. The van der Waals surface area contributed by atoms with Crippen LogP contribution in [0.25, 0.3) is 0 Å². The molecule has 34 heavy (non-hydrogen) atoms. The number of rotatable bonds is 6. The van der Waals surface area contributed by atoms with Crippen LogP contribution in [0.2, 0.25) is 0 Å². The molecule has 2 N–H and O–H groups in total. The number of Topliss-reactive ketones (excluding diaryl/α,β-unsaturated/α-hetero) is 1. The molecule has 2 atom stereocenters. The zero-order valence-corrected chi connectivity index (χ0v) is 18.6. The van der Waals surface area contributed by atoms with Gasteiger partial charge in [-0.05, 0) is 42.7 Å². The van der Waals surface area contributed by atoms with E-state index in [0.717, 1.165) is 11.1 Å². The summed E-state index contributed by atoms with van der Waals surface area (Å²) < 4.78 is 40.0. The van der Waals surface area contributed by atoms with Gasteiger partial charge in [-0.15, -0.1) is 0 Å². The van der Waals surface area contributed by atoms with Gasteiger partial charge >= 0.3 is 0 Å². The van der Waals surface area contributed by atoms with E-state index in [1.165, 1.54) is 49.0 Å². The van der Waals surface area contributed by atoms with E-state index in [1.807, 2.05) is 0 Å². The van der Waals surface area contributed by atoms with Crippen molar-refractivity contribution in [1.29, 1.82) is 0 Å². The van der Waals surface area contributed by atoms with Crippen molar-refractivity contribution in [2.75, 3.05) is 13.1 Å². The van der Waals surface area contributed by atoms with E-state index in [0.29, 0.717) is 9.87 Å². The summed E-state index contributed by atoms with van der Waals surface area (Å²) in [6.07, 6.45) is 3.68. The molecule has 2 aliphatic heterocycles. The van der Waals surface area contributed by atoms with Crippen molar-refractivity contribution in [3.05, 3.63) is 72.2 Å². The molecule has 10 nitrogen and oxygen atoms in total. The maximum Gasteiger partial charge on any atom is 0.293 e. The second-order valence-electron chi connectivity index (χ2n) is 7.96. The third-order valence-corrected chi connectivity index (χ3v) is 7.82. The molecule has 0 bridgehead atoms. The van der Waals surface area contributed by atoms with E-state index in [2.05, 4.69) is 4.98 Å². The van der Waals surface area contributed by atoms with Gasteiger partial charge in [-0.3, -0.25) is 24.2 Å². The minimum atomic E-state index is -4.72. The number of fused-ring (bicyclic) bond motifs is 1. The zero-order chi connectivity index (χ0) is 24.7. The fourth-order valence-corrected chi connectivity index (χ4v) is 6.04. The summed E-state index contributed by atoms with van der Waals surface area (Å²) in [5.41, 5.74) is 3.77. The van der Waals surface area contributed by atoms with Gasteiger partial charge in [-0.2, -0.15) is 4.31 Å². The van der Waals surface area contributed by atoms with Crippen LogP contribution in [-0.2, 0) is 30.8 Å². The van der Waals surface area contributed by atoms with Crippen molar-refractivity contribution in [2.45, 2.75) is 24.4 Å². The first-order valence-electron chi connectivity index (χ1n) is 10.3. The molecule has 3 heterocycles. The van der Waals surface area contributed by atoms with Crippen molar-refractivity contribution >= 4 is 32.7 Å². The highest BCUT2D eigenvalue weighted by Gasteiger charge is 2.68. The Morgan fingerprint density at radius 2 is 1.91 bits per heavy atom. The van der Waals surface area contributed by atoms with Crippen molar-refractivity contribution in [2.24, 2.45) is 5.73 Å². The van der Waals surface area contributed by atoms with Gasteiger partial charge in [-0.1, -0.05) is 12.1 Å². The molecule has 177 valence electrons. The monoisotopic (exact) mass is 487 g/mol. The second kappa shape index (κ2) is 8.69. The Labute approximate surface area is 194 Å². The van der Waals surface area contributed by atoms with Crippen LogP contribution >= 0.6 is 0 Å². The number of carbonyl (C=O) groups excluding carboxylic acids is 4. The van der Waals surface area contributed by atoms with Crippen molar-refractivity contribution in [1.82, 2.24) is 14.2 Å². The third-order valence-electron chi connectivity index (χ3n) is 6.11. The number of sulfonamides is 1. The number of benzene rings is 1. The number of aromatic nitrogens is 1. The summed E-state index contributed by atoms with van der Waals surface area (Å²) in [6.45, 7) is -0.894. The molecule has 2 fully saturated rings. The fourth-order valence-electron chi connectivity index (χ4n) is 4.52. The highest BCUT2D eigenvalue weighted by molar-refractivity contribution is 8.04. The summed E-state index contributed by atoms with van der Waals surface area (Å²) in [4.78, 5) is 56.1. The highest BCUT2D eigenvalue weighted by Crippen LogP contribution is 2.41. The number of primary amides is 1. The number of amides is 2. The Balaban J connectivity index is 1.61. The molecule has 0 aliphatic carbocycles. The Hall–Kier alpha value is -3.51. The van der Waals surface area contributed by atoms with Gasteiger partial charge in [0, 0.05) is 18.9 Å². The third kappa shape index (κ3) is 3.68. The predicted octanol–water partition coefficient (Wildman–Crippen LogP) is -0.153. The molecule has 2 saturated heterocycles. The van der Waals surface area contributed by atoms with E-state index >= 15 is 0 Å². The number of nitrogens with two attached hydrogens (primary N) is 1. The number of hydrogen-bond acceptors (Lipinski definition) is 7. The lowest BCUT2D eigenvalue weighted by molar-refractivity contribution is -0.147. The van der Waals surface area contributed by atoms with Crippen LogP contribution in [0.3, 0.4) is 0 Å². The molecular formula is C22H20FN4O6S. The van der Waals surface area contributed by atoms with Crippen LogP contribution in [0.1, 0.15) is 22.3 Å². The molecule has 12 heteroatoms.